The fourth-order valence-corrected chi connectivity index (χ4v) is 3.69. The molecule has 0 spiro atoms. The lowest BCUT2D eigenvalue weighted by molar-refractivity contribution is 0.375. The molecule has 5 nitrogen and oxygen atoms in total. The van der Waals surface area contributed by atoms with Crippen LogP contribution in [0.25, 0.3) is 0 Å². The molecule has 24 heavy (non-hydrogen) atoms. The fraction of sp³-hybridized carbons (Fsp3) is 0.278. The number of ether oxygens (including phenoxy) is 1. The van der Waals surface area contributed by atoms with Crippen molar-refractivity contribution in [2.75, 3.05) is 13.4 Å². The molecule has 1 heterocycles. The fourth-order valence-electron chi connectivity index (χ4n) is 2.79. The highest BCUT2D eigenvalue weighted by atomic mass is 32.2. The molecule has 3 rings (SSSR count). The predicted octanol–water partition coefficient (Wildman–Crippen LogP) is 3.11. The van der Waals surface area contributed by atoms with E-state index in [1.165, 1.54) is 10.7 Å². The van der Waals surface area contributed by atoms with Gasteiger partial charge >= 0.3 is 0 Å². The summed E-state index contributed by atoms with van der Waals surface area (Å²) >= 11 is 0. The van der Waals surface area contributed by atoms with Gasteiger partial charge in [-0.3, -0.25) is 0 Å². The Kier molecular flexibility index (Phi) is 4.32. The van der Waals surface area contributed by atoms with Gasteiger partial charge in [-0.25, -0.2) is 8.42 Å². The number of aryl methyl sites for hydroxylation is 1. The zero-order valence-corrected chi connectivity index (χ0v) is 14.7. The zero-order chi connectivity index (χ0) is 17.3. The third-order valence-electron chi connectivity index (χ3n) is 4.10. The van der Waals surface area contributed by atoms with Crippen LogP contribution in [-0.2, 0) is 10.0 Å². The average Bonchev–Trinajstić information content (AvgIpc) is 3.01. The number of hydrazone groups is 1. The Bertz CT molecular complexity index is 856. The lowest BCUT2D eigenvalue weighted by atomic mass is 9.98. The van der Waals surface area contributed by atoms with Crippen molar-refractivity contribution in [3.8, 4) is 5.75 Å². The normalized spacial score (nSPS) is 17.7. The van der Waals surface area contributed by atoms with E-state index in [0.29, 0.717) is 6.42 Å². The van der Waals surface area contributed by atoms with Gasteiger partial charge < -0.3 is 4.74 Å². The standard InChI is InChI=1S/C18H20N2O3S/c1-13-4-6-15(7-5-13)18-12-17(19-20(18)24(3,21)22)14-8-10-16(23-2)11-9-14/h4-11,18H,12H2,1-3H3/t18-/m0/s1. The minimum atomic E-state index is -3.44. The first kappa shape index (κ1) is 16.5. The first-order valence-corrected chi connectivity index (χ1v) is 9.51. The number of methoxy groups -OCH3 is 1. The maximum Gasteiger partial charge on any atom is 0.247 e. The monoisotopic (exact) mass is 344 g/mol. The Morgan fingerprint density at radius 2 is 1.71 bits per heavy atom. The molecule has 0 aliphatic carbocycles. The molecule has 0 aromatic heterocycles. The van der Waals surface area contributed by atoms with E-state index in [9.17, 15) is 8.42 Å². The number of rotatable bonds is 4. The van der Waals surface area contributed by atoms with Crippen LogP contribution in [0.5, 0.6) is 5.75 Å². The zero-order valence-electron chi connectivity index (χ0n) is 13.9. The van der Waals surface area contributed by atoms with Crippen LogP contribution < -0.4 is 4.74 Å². The summed E-state index contributed by atoms with van der Waals surface area (Å²) in [4.78, 5) is 0. The molecule has 0 amide bonds. The first-order valence-electron chi connectivity index (χ1n) is 7.66. The van der Waals surface area contributed by atoms with Crippen LogP contribution in [0.4, 0.5) is 0 Å². The maximum atomic E-state index is 12.2. The third-order valence-corrected chi connectivity index (χ3v) is 5.11. The molecule has 1 atom stereocenters. The summed E-state index contributed by atoms with van der Waals surface area (Å²) in [6, 6.07) is 15.1. The Labute approximate surface area is 142 Å². The van der Waals surface area contributed by atoms with Crippen molar-refractivity contribution < 1.29 is 13.2 Å². The minimum Gasteiger partial charge on any atom is -0.497 e. The Balaban J connectivity index is 1.96. The van der Waals surface area contributed by atoms with Crippen LogP contribution in [0.1, 0.15) is 29.2 Å². The van der Waals surface area contributed by atoms with E-state index >= 15 is 0 Å². The van der Waals surface area contributed by atoms with Crippen LogP contribution in [0.2, 0.25) is 0 Å². The minimum absolute atomic E-state index is 0.308. The van der Waals surface area contributed by atoms with Gasteiger partial charge in [0.2, 0.25) is 10.0 Å². The summed E-state index contributed by atoms with van der Waals surface area (Å²) in [5.41, 5.74) is 3.74. The molecule has 0 N–H and O–H groups in total. The molecule has 1 aliphatic rings. The molecule has 0 saturated carbocycles. The molecule has 0 saturated heterocycles. The largest absolute Gasteiger partial charge is 0.497 e. The molecular formula is C18H20N2O3S. The third kappa shape index (κ3) is 3.28. The topological polar surface area (TPSA) is 59.0 Å². The van der Waals surface area contributed by atoms with Crippen molar-refractivity contribution in [2.45, 2.75) is 19.4 Å². The van der Waals surface area contributed by atoms with Gasteiger partial charge in [0, 0.05) is 6.42 Å². The summed E-state index contributed by atoms with van der Waals surface area (Å²) in [5, 5.41) is 4.39. The number of benzene rings is 2. The number of nitrogens with zero attached hydrogens (tertiary/aromatic N) is 2. The molecule has 0 unspecified atom stereocenters. The van der Waals surface area contributed by atoms with Gasteiger partial charge in [0.1, 0.15) is 5.75 Å². The maximum absolute atomic E-state index is 12.2. The van der Waals surface area contributed by atoms with Crippen LogP contribution in [0.3, 0.4) is 0 Å². The van der Waals surface area contributed by atoms with Gasteiger partial charge in [0.25, 0.3) is 0 Å². The molecule has 6 heteroatoms. The van der Waals surface area contributed by atoms with E-state index in [1.54, 1.807) is 7.11 Å². The molecule has 0 fully saturated rings. The lowest BCUT2D eigenvalue weighted by Crippen LogP contribution is -2.25. The van der Waals surface area contributed by atoms with Crippen LogP contribution in [0, 0.1) is 6.92 Å². The van der Waals surface area contributed by atoms with Crippen molar-refractivity contribution in [1.29, 1.82) is 0 Å². The van der Waals surface area contributed by atoms with Crippen LogP contribution in [-0.4, -0.2) is 31.9 Å². The van der Waals surface area contributed by atoms with Gasteiger partial charge in [-0.15, -0.1) is 0 Å². The average molecular weight is 344 g/mol. The van der Waals surface area contributed by atoms with Crippen molar-refractivity contribution in [1.82, 2.24) is 4.41 Å². The van der Waals surface area contributed by atoms with Gasteiger partial charge in [0.05, 0.1) is 25.1 Å². The summed E-state index contributed by atoms with van der Waals surface area (Å²) in [5.74, 6) is 0.757. The highest BCUT2D eigenvalue weighted by Crippen LogP contribution is 2.34. The molecule has 2 aromatic rings. The van der Waals surface area contributed by atoms with E-state index in [1.807, 2.05) is 55.5 Å². The van der Waals surface area contributed by atoms with E-state index in [-0.39, 0.29) is 6.04 Å². The summed E-state index contributed by atoms with van der Waals surface area (Å²) in [6.07, 6.45) is 1.73. The van der Waals surface area contributed by atoms with E-state index in [2.05, 4.69) is 5.10 Å². The molecule has 0 bridgehead atoms. The molecule has 2 aromatic carbocycles. The Hall–Kier alpha value is -2.34. The molecule has 0 radical (unpaired) electrons. The predicted molar refractivity (Wildman–Crippen MR) is 94.8 cm³/mol. The highest BCUT2D eigenvalue weighted by molar-refractivity contribution is 7.88. The smallest absolute Gasteiger partial charge is 0.247 e. The van der Waals surface area contributed by atoms with Crippen molar-refractivity contribution >= 4 is 15.7 Å². The van der Waals surface area contributed by atoms with Gasteiger partial charge in [-0.05, 0) is 42.3 Å². The van der Waals surface area contributed by atoms with Crippen LogP contribution >= 0.6 is 0 Å². The Morgan fingerprint density at radius 1 is 1.08 bits per heavy atom. The first-order chi connectivity index (χ1) is 11.4. The van der Waals surface area contributed by atoms with E-state index < -0.39 is 10.0 Å². The summed E-state index contributed by atoms with van der Waals surface area (Å²) in [6.45, 7) is 2.01. The molecular weight excluding hydrogens is 324 g/mol. The number of hydrogen-bond acceptors (Lipinski definition) is 4. The summed E-state index contributed by atoms with van der Waals surface area (Å²) < 4.78 is 30.7. The van der Waals surface area contributed by atoms with E-state index in [4.69, 9.17) is 4.74 Å². The second-order valence-electron chi connectivity index (χ2n) is 5.94. The lowest BCUT2D eigenvalue weighted by Gasteiger charge is -2.21. The molecule has 126 valence electrons. The second kappa shape index (κ2) is 6.28. The van der Waals surface area contributed by atoms with Gasteiger partial charge in [-0.1, -0.05) is 29.8 Å². The van der Waals surface area contributed by atoms with Gasteiger partial charge in [-0.2, -0.15) is 9.52 Å². The van der Waals surface area contributed by atoms with Crippen molar-refractivity contribution in [3.05, 3.63) is 65.2 Å². The van der Waals surface area contributed by atoms with E-state index in [0.717, 1.165) is 28.2 Å². The van der Waals surface area contributed by atoms with Crippen molar-refractivity contribution in [3.63, 3.8) is 0 Å². The quantitative estimate of drug-likeness (QED) is 0.856. The van der Waals surface area contributed by atoms with Crippen LogP contribution in [0.15, 0.2) is 53.6 Å². The second-order valence-corrected chi connectivity index (χ2v) is 7.78. The Morgan fingerprint density at radius 3 is 2.25 bits per heavy atom. The van der Waals surface area contributed by atoms with Gasteiger partial charge in [0.15, 0.2) is 0 Å². The number of hydrogen-bond donors (Lipinski definition) is 0. The number of sulfonamides is 1. The summed E-state index contributed by atoms with van der Waals surface area (Å²) in [7, 11) is -1.83. The SMILES string of the molecule is COc1ccc(C2=NN(S(C)(=O)=O)[C@H](c3ccc(C)cc3)C2)cc1. The van der Waals surface area contributed by atoms with Crippen molar-refractivity contribution in [2.24, 2.45) is 5.10 Å². The highest BCUT2D eigenvalue weighted by Gasteiger charge is 2.34. The molecule has 1 aliphatic heterocycles.